The maximum absolute atomic E-state index is 9.46. The summed E-state index contributed by atoms with van der Waals surface area (Å²) in [5.74, 6) is 0. The minimum Gasteiger partial charge on any atom is -0.392 e. The Morgan fingerprint density at radius 3 is 2.67 bits per heavy atom. The van der Waals surface area contributed by atoms with Gasteiger partial charge in [0.2, 0.25) is 0 Å². The topological polar surface area (TPSA) is 49.0 Å². The Balaban J connectivity index is 0.000000201. The Kier molecular flexibility index (Phi) is 4.17. The lowest BCUT2D eigenvalue weighted by Crippen LogP contribution is -1.90. The molecule has 0 radical (unpaired) electrons. The van der Waals surface area contributed by atoms with Gasteiger partial charge in [-0.05, 0) is 37.4 Å². The standard InChI is InChI=1S/C15H14N2O.C5H9N/c1-2-10-7-16-8-11(9-18)15-14(10)12-5-3-4-6-13(12)17-15;1-2-5-4-6(5)3-1/h3-8,18H,2,9H2,1H3;5H,1-4H2. The minimum atomic E-state index is -0.0370. The summed E-state index contributed by atoms with van der Waals surface area (Å²) >= 11 is 0. The van der Waals surface area contributed by atoms with Crippen molar-refractivity contribution < 1.29 is 5.11 Å². The molecule has 2 atom stereocenters. The Hall–Kier alpha value is -2.04. The summed E-state index contributed by atoms with van der Waals surface area (Å²) in [5.41, 5.74) is 4.91. The van der Waals surface area contributed by atoms with Crippen molar-refractivity contribution in [1.29, 1.82) is 0 Å². The molecule has 2 saturated heterocycles. The zero-order chi connectivity index (χ0) is 16.5. The summed E-state index contributed by atoms with van der Waals surface area (Å²) in [4.78, 5) is 11.4. The zero-order valence-corrected chi connectivity index (χ0v) is 14.1. The second-order valence-corrected chi connectivity index (χ2v) is 6.61. The van der Waals surface area contributed by atoms with E-state index in [1.54, 1.807) is 6.20 Å². The predicted molar refractivity (Wildman–Crippen MR) is 96.1 cm³/mol. The summed E-state index contributed by atoms with van der Waals surface area (Å²) in [6, 6.07) is 9.12. The van der Waals surface area contributed by atoms with Crippen molar-refractivity contribution in [1.82, 2.24) is 14.9 Å². The van der Waals surface area contributed by atoms with Crippen LogP contribution in [0.25, 0.3) is 22.2 Å². The quantitative estimate of drug-likeness (QED) is 0.736. The molecule has 0 bridgehead atoms. The molecule has 0 amide bonds. The van der Waals surface area contributed by atoms with Crippen LogP contribution < -0.4 is 0 Å². The highest BCUT2D eigenvalue weighted by Gasteiger charge is 2.37. The van der Waals surface area contributed by atoms with Crippen LogP contribution in [0.3, 0.4) is 0 Å². The molecular weight excluding hydrogens is 298 g/mol. The highest BCUT2D eigenvalue weighted by atomic mass is 16.3. The lowest BCUT2D eigenvalue weighted by Gasteiger charge is -2.02. The van der Waals surface area contributed by atoms with Crippen molar-refractivity contribution in [2.45, 2.75) is 38.8 Å². The van der Waals surface area contributed by atoms with E-state index in [0.29, 0.717) is 0 Å². The van der Waals surface area contributed by atoms with E-state index in [-0.39, 0.29) is 6.61 Å². The van der Waals surface area contributed by atoms with Gasteiger partial charge in [0.15, 0.2) is 0 Å². The van der Waals surface area contributed by atoms with Gasteiger partial charge >= 0.3 is 0 Å². The molecule has 4 heteroatoms. The largest absolute Gasteiger partial charge is 0.392 e. The van der Waals surface area contributed by atoms with Crippen molar-refractivity contribution in [3.63, 3.8) is 0 Å². The number of aryl methyl sites for hydroxylation is 1. The lowest BCUT2D eigenvalue weighted by atomic mass is 10.0. The highest BCUT2D eigenvalue weighted by molar-refractivity contribution is 5.99. The fraction of sp³-hybridized carbons (Fsp3) is 0.400. The number of piperidine rings is 1. The molecule has 0 saturated carbocycles. The number of para-hydroxylation sites is 1. The van der Waals surface area contributed by atoms with E-state index in [0.717, 1.165) is 40.2 Å². The van der Waals surface area contributed by atoms with Crippen molar-refractivity contribution in [3.8, 4) is 11.3 Å². The third-order valence-electron chi connectivity index (χ3n) is 5.09. The predicted octanol–water partition coefficient (Wildman–Crippen LogP) is 3.25. The van der Waals surface area contributed by atoms with Crippen molar-refractivity contribution in [2.75, 3.05) is 13.1 Å². The number of nitrogens with zero attached hydrogens (tertiary/aromatic N) is 3. The third-order valence-corrected chi connectivity index (χ3v) is 5.09. The van der Waals surface area contributed by atoms with Crippen LogP contribution in [0, 0.1) is 0 Å². The van der Waals surface area contributed by atoms with Gasteiger partial charge in [0.1, 0.15) is 0 Å². The molecule has 24 heavy (non-hydrogen) atoms. The zero-order valence-electron chi connectivity index (χ0n) is 14.1. The smallest absolute Gasteiger partial charge is 0.0790 e. The molecule has 2 unspecified atom stereocenters. The first-order valence-corrected chi connectivity index (χ1v) is 8.81. The van der Waals surface area contributed by atoms with Gasteiger partial charge in [-0.2, -0.15) is 0 Å². The number of hydrogen-bond acceptors (Lipinski definition) is 4. The molecular formula is C20H23N3O. The van der Waals surface area contributed by atoms with Crippen LogP contribution in [0.15, 0.2) is 36.7 Å². The number of aromatic nitrogens is 2. The second kappa shape index (κ2) is 6.46. The molecule has 124 valence electrons. The first kappa shape index (κ1) is 15.5. The Labute approximate surface area is 142 Å². The van der Waals surface area contributed by atoms with Crippen LogP contribution in [-0.4, -0.2) is 39.1 Å². The molecule has 4 aliphatic heterocycles. The first-order valence-electron chi connectivity index (χ1n) is 8.81. The molecule has 0 aliphatic carbocycles. The van der Waals surface area contributed by atoms with E-state index >= 15 is 0 Å². The van der Waals surface area contributed by atoms with E-state index in [2.05, 4.69) is 27.9 Å². The van der Waals surface area contributed by atoms with E-state index < -0.39 is 0 Å². The summed E-state index contributed by atoms with van der Waals surface area (Å²) in [7, 11) is 0. The third kappa shape index (κ3) is 2.76. The fourth-order valence-corrected chi connectivity index (χ4v) is 3.67. The van der Waals surface area contributed by atoms with Gasteiger partial charge in [-0.15, -0.1) is 0 Å². The van der Waals surface area contributed by atoms with Gasteiger partial charge in [-0.3, -0.25) is 9.88 Å². The Morgan fingerprint density at radius 1 is 1.21 bits per heavy atom. The number of fused-ring (bicyclic) bond motifs is 4. The SMILES string of the molecule is C1CC2CN2C1.CCc1cncc(CO)c2nc3ccccc3c1-2. The van der Waals surface area contributed by atoms with Gasteiger partial charge in [0.05, 0.1) is 17.8 Å². The van der Waals surface area contributed by atoms with Crippen LogP contribution in [0.2, 0.25) is 0 Å². The van der Waals surface area contributed by atoms with Crippen molar-refractivity contribution in [2.24, 2.45) is 0 Å². The van der Waals surface area contributed by atoms with Gasteiger partial charge in [-0.1, -0.05) is 25.1 Å². The Morgan fingerprint density at radius 2 is 2.04 bits per heavy atom. The van der Waals surface area contributed by atoms with Gasteiger partial charge in [0.25, 0.3) is 0 Å². The van der Waals surface area contributed by atoms with Crippen molar-refractivity contribution >= 4 is 10.9 Å². The van der Waals surface area contributed by atoms with Crippen molar-refractivity contribution in [3.05, 3.63) is 47.8 Å². The van der Waals surface area contributed by atoms with E-state index in [1.165, 1.54) is 31.5 Å². The molecule has 1 N–H and O–H groups in total. The van der Waals surface area contributed by atoms with E-state index in [9.17, 15) is 5.11 Å². The highest BCUT2D eigenvalue weighted by Crippen LogP contribution is 2.35. The van der Waals surface area contributed by atoms with Gasteiger partial charge < -0.3 is 5.11 Å². The molecule has 0 aromatic heterocycles. The number of aliphatic hydroxyl groups excluding tert-OH is 1. The molecule has 5 rings (SSSR count). The minimum absolute atomic E-state index is 0.0370. The van der Waals surface area contributed by atoms with E-state index in [4.69, 9.17) is 0 Å². The number of rotatable bonds is 2. The van der Waals surface area contributed by atoms with Gasteiger partial charge in [-0.25, -0.2) is 4.98 Å². The monoisotopic (exact) mass is 321 g/mol. The molecule has 4 heterocycles. The van der Waals surface area contributed by atoms with Crippen LogP contribution in [0.1, 0.15) is 30.9 Å². The summed E-state index contributed by atoms with van der Waals surface area (Å²) in [6.07, 6.45) is 7.42. The lowest BCUT2D eigenvalue weighted by molar-refractivity contribution is 0.282. The second-order valence-electron chi connectivity index (χ2n) is 6.61. The molecule has 2 fully saturated rings. The Bertz CT molecular complexity index is 824. The molecule has 1 aromatic rings. The maximum atomic E-state index is 9.46. The summed E-state index contributed by atoms with van der Waals surface area (Å²) in [6.45, 7) is 4.88. The van der Waals surface area contributed by atoms with Crippen LogP contribution in [0.4, 0.5) is 0 Å². The van der Waals surface area contributed by atoms with Gasteiger partial charge in [0, 0.05) is 41.5 Å². The first-order chi connectivity index (χ1) is 11.8. The number of benzene rings is 1. The summed E-state index contributed by atoms with van der Waals surface area (Å²) < 4.78 is 0. The fourth-order valence-electron chi connectivity index (χ4n) is 3.67. The maximum Gasteiger partial charge on any atom is 0.0790 e. The number of aliphatic hydroxyl groups is 1. The van der Waals surface area contributed by atoms with Crippen LogP contribution in [-0.2, 0) is 13.0 Å². The van der Waals surface area contributed by atoms with E-state index in [1.807, 2.05) is 24.4 Å². The normalized spacial score (nSPS) is 21.4. The molecule has 0 spiro atoms. The summed E-state index contributed by atoms with van der Waals surface area (Å²) in [5, 5.41) is 10.6. The average Bonchev–Trinajstić information content (AvgIpc) is 3.10. The molecule has 4 aliphatic rings. The average molecular weight is 321 g/mol. The van der Waals surface area contributed by atoms with Crippen LogP contribution in [0.5, 0.6) is 0 Å². The number of hydrogen-bond donors (Lipinski definition) is 1. The molecule has 1 aromatic carbocycles. The molecule has 4 nitrogen and oxygen atoms in total. The van der Waals surface area contributed by atoms with Crippen LogP contribution >= 0.6 is 0 Å².